The molecule has 0 aromatic carbocycles. The van der Waals surface area contributed by atoms with Crippen LogP contribution in [0.5, 0.6) is 0 Å². The van der Waals surface area contributed by atoms with Gasteiger partial charge in [0.1, 0.15) is 0 Å². The first-order valence-corrected chi connectivity index (χ1v) is 7.00. The molecule has 108 valence electrons. The molecule has 0 aliphatic carbocycles. The lowest BCUT2D eigenvalue weighted by Gasteiger charge is -2.33. The summed E-state index contributed by atoms with van der Waals surface area (Å²) in [4.78, 5) is 12.1. The summed E-state index contributed by atoms with van der Waals surface area (Å²) < 4.78 is 10.7. The lowest BCUT2D eigenvalue weighted by atomic mass is 9.74. The van der Waals surface area contributed by atoms with E-state index in [9.17, 15) is 4.79 Å². The zero-order valence-electron chi connectivity index (χ0n) is 12.3. The van der Waals surface area contributed by atoms with Gasteiger partial charge in [-0.3, -0.25) is 4.79 Å². The zero-order chi connectivity index (χ0) is 14.0. The van der Waals surface area contributed by atoms with Gasteiger partial charge in [0.25, 0.3) is 0 Å². The Hall–Kier alpha value is -0.610. The van der Waals surface area contributed by atoms with Gasteiger partial charge < -0.3 is 15.2 Å². The molecule has 2 N–H and O–H groups in total. The number of esters is 1. The molecule has 0 saturated heterocycles. The van der Waals surface area contributed by atoms with Crippen molar-refractivity contribution in [1.29, 1.82) is 0 Å². The maximum Gasteiger partial charge on any atom is 0.313 e. The first-order valence-electron chi connectivity index (χ1n) is 7.00. The Morgan fingerprint density at radius 3 is 2.39 bits per heavy atom. The Kier molecular flexibility index (Phi) is 9.02. The third-order valence-corrected chi connectivity index (χ3v) is 3.49. The Morgan fingerprint density at radius 1 is 1.28 bits per heavy atom. The van der Waals surface area contributed by atoms with Crippen molar-refractivity contribution in [1.82, 2.24) is 0 Å². The second-order valence-corrected chi connectivity index (χ2v) is 4.95. The largest absolute Gasteiger partial charge is 0.466 e. The Balaban J connectivity index is 4.42. The molecule has 0 spiro atoms. The lowest BCUT2D eigenvalue weighted by Crippen LogP contribution is -2.45. The molecule has 0 amide bonds. The van der Waals surface area contributed by atoms with Gasteiger partial charge in [0.05, 0.1) is 12.0 Å². The summed E-state index contributed by atoms with van der Waals surface area (Å²) >= 11 is 0. The van der Waals surface area contributed by atoms with Crippen LogP contribution in [-0.4, -0.2) is 32.3 Å². The highest BCUT2D eigenvalue weighted by atomic mass is 16.5. The van der Waals surface area contributed by atoms with Crippen LogP contribution in [0.3, 0.4) is 0 Å². The minimum Gasteiger partial charge on any atom is -0.466 e. The first-order chi connectivity index (χ1) is 8.55. The summed E-state index contributed by atoms with van der Waals surface area (Å²) in [5, 5.41) is 0. The smallest absolute Gasteiger partial charge is 0.313 e. The summed E-state index contributed by atoms with van der Waals surface area (Å²) in [5.74, 6) is -0.0436. The standard InChI is InChI=1S/C14H29NO3/c1-5-7-9-17-10-8-14(11-15,12(3)4)13(16)18-6-2/h12H,5-11,15H2,1-4H3. The average Bonchev–Trinajstić information content (AvgIpc) is 2.34. The fourth-order valence-corrected chi connectivity index (χ4v) is 1.93. The molecule has 0 aliphatic heterocycles. The summed E-state index contributed by atoms with van der Waals surface area (Å²) in [6.07, 6.45) is 2.80. The summed E-state index contributed by atoms with van der Waals surface area (Å²) in [6.45, 7) is 9.97. The van der Waals surface area contributed by atoms with Gasteiger partial charge in [-0.25, -0.2) is 0 Å². The number of unbranched alkanes of at least 4 members (excludes halogenated alkanes) is 1. The lowest BCUT2D eigenvalue weighted by molar-refractivity contribution is -0.159. The number of carbonyl (C=O) groups excluding carboxylic acids is 1. The second-order valence-electron chi connectivity index (χ2n) is 4.95. The van der Waals surface area contributed by atoms with E-state index in [4.69, 9.17) is 15.2 Å². The molecule has 1 atom stereocenters. The van der Waals surface area contributed by atoms with E-state index in [1.807, 2.05) is 20.8 Å². The van der Waals surface area contributed by atoms with Gasteiger partial charge in [-0.15, -0.1) is 0 Å². The Bertz CT molecular complexity index is 231. The maximum absolute atomic E-state index is 12.1. The van der Waals surface area contributed by atoms with Gasteiger partial charge in [-0.1, -0.05) is 27.2 Å². The van der Waals surface area contributed by atoms with E-state index in [0.29, 0.717) is 26.2 Å². The molecule has 0 aromatic rings. The molecule has 0 bridgehead atoms. The van der Waals surface area contributed by atoms with Crippen LogP contribution >= 0.6 is 0 Å². The molecule has 0 aromatic heterocycles. The number of rotatable bonds is 10. The van der Waals surface area contributed by atoms with Gasteiger partial charge in [-0.2, -0.15) is 0 Å². The normalized spacial score (nSPS) is 14.6. The molecule has 18 heavy (non-hydrogen) atoms. The van der Waals surface area contributed by atoms with E-state index < -0.39 is 5.41 Å². The molecule has 4 nitrogen and oxygen atoms in total. The van der Waals surface area contributed by atoms with E-state index in [2.05, 4.69) is 6.92 Å². The van der Waals surface area contributed by atoms with E-state index >= 15 is 0 Å². The number of hydrogen-bond donors (Lipinski definition) is 1. The van der Waals surface area contributed by atoms with Crippen molar-refractivity contribution in [3.05, 3.63) is 0 Å². The van der Waals surface area contributed by atoms with Crippen molar-refractivity contribution < 1.29 is 14.3 Å². The van der Waals surface area contributed by atoms with Crippen LogP contribution < -0.4 is 5.73 Å². The quantitative estimate of drug-likeness (QED) is 0.483. The summed E-state index contributed by atoms with van der Waals surface area (Å²) in [6, 6.07) is 0. The molecule has 0 rings (SSSR count). The molecule has 0 radical (unpaired) electrons. The summed E-state index contributed by atoms with van der Waals surface area (Å²) in [5.41, 5.74) is 5.22. The zero-order valence-corrected chi connectivity index (χ0v) is 12.3. The molecular weight excluding hydrogens is 230 g/mol. The molecule has 4 heteroatoms. The van der Waals surface area contributed by atoms with Gasteiger partial charge >= 0.3 is 5.97 Å². The minimum atomic E-state index is -0.609. The van der Waals surface area contributed by atoms with E-state index in [-0.39, 0.29) is 11.9 Å². The first kappa shape index (κ1) is 17.4. The summed E-state index contributed by atoms with van der Waals surface area (Å²) in [7, 11) is 0. The molecular formula is C14H29NO3. The SMILES string of the molecule is CCCCOCCC(CN)(C(=O)OCC)C(C)C. The molecule has 0 fully saturated rings. The Morgan fingerprint density at radius 2 is 1.94 bits per heavy atom. The fraction of sp³-hybridized carbons (Fsp3) is 0.929. The van der Waals surface area contributed by atoms with Gasteiger partial charge in [0.15, 0.2) is 0 Å². The van der Waals surface area contributed by atoms with Crippen molar-refractivity contribution in [2.75, 3.05) is 26.4 Å². The number of hydrogen-bond acceptors (Lipinski definition) is 4. The van der Waals surface area contributed by atoms with Crippen LogP contribution in [0.1, 0.15) is 47.0 Å². The third-order valence-electron chi connectivity index (χ3n) is 3.49. The molecule has 1 unspecified atom stereocenters. The van der Waals surface area contributed by atoms with Crippen molar-refractivity contribution in [2.24, 2.45) is 17.1 Å². The van der Waals surface area contributed by atoms with Crippen molar-refractivity contribution in [3.8, 4) is 0 Å². The van der Waals surface area contributed by atoms with Gasteiger partial charge in [0.2, 0.25) is 0 Å². The molecule has 0 heterocycles. The highest BCUT2D eigenvalue weighted by Crippen LogP contribution is 2.32. The van der Waals surface area contributed by atoms with Crippen LogP contribution in [0.15, 0.2) is 0 Å². The second kappa shape index (κ2) is 9.34. The predicted molar refractivity (Wildman–Crippen MR) is 73.3 cm³/mol. The number of ether oxygens (including phenoxy) is 2. The van der Waals surface area contributed by atoms with Crippen molar-refractivity contribution >= 4 is 5.97 Å². The van der Waals surface area contributed by atoms with Crippen LogP contribution in [-0.2, 0) is 14.3 Å². The van der Waals surface area contributed by atoms with Crippen LogP contribution in [0.25, 0.3) is 0 Å². The van der Waals surface area contributed by atoms with Gasteiger partial charge in [-0.05, 0) is 25.7 Å². The molecule has 0 aliphatic rings. The van der Waals surface area contributed by atoms with Crippen molar-refractivity contribution in [2.45, 2.75) is 47.0 Å². The van der Waals surface area contributed by atoms with E-state index in [0.717, 1.165) is 19.4 Å². The number of nitrogens with two attached hydrogens (primary N) is 1. The maximum atomic E-state index is 12.1. The van der Waals surface area contributed by atoms with Crippen LogP contribution in [0, 0.1) is 11.3 Å². The monoisotopic (exact) mass is 259 g/mol. The highest BCUT2D eigenvalue weighted by molar-refractivity contribution is 5.77. The Labute approximate surface area is 111 Å². The molecule has 0 saturated carbocycles. The van der Waals surface area contributed by atoms with Crippen LogP contribution in [0.4, 0.5) is 0 Å². The van der Waals surface area contributed by atoms with E-state index in [1.54, 1.807) is 0 Å². The number of carbonyl (C=O) groups is 1. The third kappa shape index (κ3) is 4.94. The van der Waals surface area contributed by atoms with Crippen LogP contribution in [0.2, 0.25) is 0 Å². The minimum absolute atomic E-state index is 0.149. The van der Waals surface area contributed by atoms with E-state index in [1.165, 1.54) is 0 Å². The average molecular weight is 259 g/mol. The highest BCUT2D eigenvalue weighted by Gasteiger charge is 2.41. The predicted octanol–water partition coefficient (Wildman–Crippen LogP) is 2.36. The van der Waals surface area contributed by atoms with Gasteiger partial charge in [0, 0.05) is 19.8 Å². The topological polar surface area (TPSA) is 61.5 Å². The van der Waals surface area contributed by atoms with Crippen molar-refractivity contribution in [3.63, 3.8) is 0 Å². The fourth-order valence-electron chi connectivity index (χ4n) is 1.93.